The van der Waals surface area contributed by atoms with Crippen LogP contribution in [0.25, 0.3) is 0 Å². The fraction of sp³-hybridized carbons (Fsp3) is 0. The molecular weight excluding hydrogens is 358 g/mol. The standard InChI is InChI=1S/BF3.Cu.Li.Mg.Pt/c2-1(3)4;;;;. The van der Waals surface area contributed by atoms with Gasteiger partial charge in [-0.1, -0.05) is 0 Å². The molecule has 0 fully saturated rings. The summed E-state index contributed by atoms with van der Waals surface area (Å²) in [6.07, 6.45) is 0. The average Bonchev–Trinajstić information content (AvgIpc) is 0.811. The maximum absolute atomic E-state index is 9.67. The monoisotopic (exact) mass is 357 g/mol. The molecule has 0 saturated heterocycles. The summed E-state index contributed by atoms with van der Waals surface area (Å²) in [7, 11) is -3.67. The molecule has 0 saturated carbocycles. The molecule has 0 atom stereocenters. The Hall–Kier alpha value is 2.43. The summed E-state index contributed by atoms with van der Waals surface area (Å²) < 4.78 is 29.0. The second-order valence-corrected chi connectivity index (χ2v) is 0.247. The molecule has 0 bridgehead atoms. The van der Waals surface area contributed by atoms with Gasteiger partial charge in [0, 0.05) is 80.0 Å². The Morgan fingerprint density at radius 1 is 1.00 bits per heavy atom. The second-order valence-electron chi connectivity index (χ2n) is 0.247. The maximum Gasteiger partial charge on any atom is 0.762 e. The van der Waals surface area contributed by atoms with Crippen LogP contribution in [-0.2, 0) is 38.1 Å². The molecule has 0 aliphatic rings. The summed E-state index contributed by atoms with van der Waals surface area (Å²) in [5.41, 5.74) is 0. The van der Waals surface area contributed by atoms with Crippen molar-refractivity contribution in [3.05, 3.63) is 0 Å². The Morgan fingerprint density at radius 3 is 1.00 bits per heavy atom. The first kappa shape index (κ1) is 31.5. The van der Waals surface area contributed by atoms with Crippen molar-refractivity contribution in [1.29, 1.82) is 0 Å². The molecule has 8 heteroatoms. The molecule has 0 nitrogen and oxygen atoms in total. The fourth-order valence-corrected chi connectivity index (χ4v) is 0. The molecule has 0 unspecified atom stereocenters. The van der Waals surface area contributed by atoms with Crippen LogP contribution in [0.2, 0.25) is 0 Å². The van der Waals surface area contributed by atoms with E-state index in [0.717, 1.165) is 0 Å². The van der Waals surface area contributed by atoms with Crippen molar-refractivity contribution >= 4 is 49.5 Å². The van der Waals surface area contributed by atoms with E-state index in [-0.39, 0.29) is 80.0 Å². The van der Waals surface area contributed by atoms with Gasteiger partial charge in [0.15, 0.2) is 0 Å². The van der Waals surface area contributed by atoms with Crippen molar-refractivity contribution in [2.75, 3.05) is 0 Å². The van der Waals surface area contributed by atoms with Gasteiger partial charge in [-0.05, 0) is 0 Å². The molecule has 0 heterocycles. The third kappa shape index (κ3) is 78.9. The van der Waals surface area contributed by atoms with E-state index in [1.54, 1.807) is 0 Å². The summed E-state index contributed by atoms with van der Waals surface area (Å²) in [6.45, 7) is 0. The predicted molar refractivity (Wildman–Crippen MR) is 20.6 cm³/mol. The zero-order valence-corrected chi connectivity index (χ0v) is 8.66. The molecule has 4 radical (unpaired) electrons. The first-order valence-electron chi connectivity index (χ1n) is 0.655. The first-order chi connectivity index (χ1) is 1.73. The number of hydrogen-bond donors (Lipinski definition) is 0. The van der Waals surface area contributed by atoms with Crippen LogP contribution in [0.4, 0.5) is 12.9 Å². The first-order valence-corrected chi connectivity index (χ1v) is 0.655. The molecule has 8 heavy (non-hydrogen) atoms. The summed E-state index contributed by atoms with van der Waals surface area (Å²) in [5, 5.41) is 0. The summed E-state index contributed by atoms with van der Waals surface area (Å²) in [5.74, 6) is 0. The molecular formula is BCuF3LiMgPt. The normalized spacial score (nSPS) is 3.38. The van der Waals surface area contributed by atoms with Crippen LogP contribution in [0.1, 0.15) is 0 Å². The Kier molecular flexibility index (Phi) is 89.4. The largest absolute Gasteiger partial charge is 0.762 e. The van der Waals surface area contributed by atoms with Gasteiger partial charge >= 0.3 is 7.54 Å². The van der Waals surface area contributed by atoms with Gasteiger partial charge in [-0.15, -0.1) is 0 Å². The third-order valence-electron chi connectivity index (χ3n) is 0. The minimum atomic E-state index is -3.67. The van der Waals surface area contributed by atoms with Crippen LogP contribution in [0, 0.1) is 0 Å². The molecule has 0 aromatic rings. The minimum Gasteiger partial charge on any atom is -0.254 e. The number of halogens is 3. The molecule has 0 N–H and O–H groups in total. The molecule has 48 valence electrons. The molecule has 0 amide bonds. The van der Waals surface area contributed by atoms with Crippen molar-refractivity contribution < 1.29 is 51.1 Å². The molecule has 0 rings (SSSR count). The average molecular weight is 358 g/mol. The third-order valence-corrected chi connectivity index (χ3v) is 0. The van der Waals surface area contributed by atoms with Gasteiger partial charge < -0.3 is 0 Å². The van der Waals surface area contributed by atoms with Gasteiger partial charge in [0.1, 0.15) is 0 Å². The van der Waals surface area contributed by atoms with E-state index >= 15 is 0 Å². The van der Waals surface area contributed by atoms with Crippen LogP contribution in [0.5, 0.6) is 0 Å². The quantitative estimate of drug-likeness (QED) is 0.540. The Bertz CT molecular complexity index is 24.0. The smallest absolute Gasteiger partial charge is 0.254 e. The minimum absolute atomic E-state index is 0. The molecule has 0 spiro atoms. The van der Waals surface area contributed by atoms with Crippen molar-refractivity contribution in [1.82, 2.24) is 0 Å². The van der Waals surface area contributed by atoms with E-state index in [2.05, 4.69) is 0 Å². The predicted octanol–water partition coefficient (Wildman–Crippen LogP) is 0.113. The van der Waals surface area contributed by atoms with E-state index in [1.165, 1.54) is 0 Å². The van der Waals surface area contributed by atoms with Gasteiger partial charge in [-0.3, -0.25) is 12.9 Å². The molecule has 0 aliphatic carbocycles. The molecule has 0 aromatic carbocycles. The SMILES string of the molecule is FB(F)F.[Cu].[Li].[Mg].[Pt]. The van der Waals surface area contributed by atoms with E-state index in [1.807, 2.05) is 0 Å². The Morgan fingerprint density at radius 2 is 1.00 bits per heavy atom. The van der Waals surface area contributed by atoms with Gasteiger partial charge in [0.25, 0.3) is 0 Å². The van der Waals surface area contributed by atoms with Gasteiger partial charge in [-0.2, -0.15) is 0 Å². The van der Waals surface area contributed by atoms with E-state index in [0.29, 0.717) is 0 Å². The summed E-state index contributed by atoms with van der Waals surface area (Å²) in [4.78, 5) is 0. The van der Waals surface area contributed by atoms with Crippen LogP contribution in [0.15, 0.2) is 0 Å². The van der Waals surface area contributed by atoms with E-state index < -0.39 is 7.54 Å². The zero-order chi connectivity index (χ0) is 3.58. The maximum atomic E-state index is 9.67. The van der Waals surface area contributed by atoms with Crippen LogP contribution in [-0.4, -0.2) is 49.5 Å². The second kappa shape index (κ2) is 22.7. The van der Waals surface area contributed by atoms with E-state index in [9.17, 15) is 12.9 Å². The van der Waals surface area contributed by atoms with Crippen molar-refractivity contribution in [3.8, 4) is 0 Å². The summed E-state index contributed by atoms with van der Waals surface area (Å²) in [6, 6.07) is 0. The van der Waals surface area contributed by atoms with Gasteiger partial charge in [0.2, 0.25) is 0 Å². The fourth-order valence-electron chi connectivity index (χ4n) is 0. The van der Waals surface area contributed by atoms with Crippen molar-refractivity contribution in [2.24, 2.45) is 0 Å². The summed E-state index contributed by atoms with van der Waals surface area (Å²) >= 11 is 0. The Balaban J connectivity index is -0.00000000750. The van der Waals surface area contributed by atoms with Crippen LogP contribution >= 0.6 is 0 Å². The topological polar surface area (TPSA) is 0 Å². The Labute approximate surface area is 99.4 Å². The van der Waals surface area contributed by atoms with Crippen molar-refractivity contribution in [3.63, 3.8) is 0 Å². The van der Waals surface area contributed by atoms with Crippen LogP contribution in [0.3, 0.4) is 0 Å². The van der Waals surface area contributed by atoms with E-state index in [4.69, 9.17) is 0 Å². The van der Waals surface area contributed by atoms with Crippen molar-refractivity contribution in [2.45, 2.75) is 0 Å². The molecule has 0 aliphatic heterocycles. The van der Waals surface area contributed by atoms with Crippen LogP contribution < -0.4 is 0 Å². The number of rotatable bonds is 0. The van der Waals surface area contributed by atoms with Gasteiger partial charge in [-0.25, -0.2) is 0 Å². The number of hydrogen-bond acceptors (Lipinski definition) is 0. The zero-order valence-electron chi connectivity index (χ0n) is 4.04. The molecule has 0 aromatic heterocycles. The van der Waals surface area contributed by atoms with Gasteiger partial charge in [0.05, 0.1) is 0 Å².